The molecule has 0 heterocycles. The van der Waals surface area contributed by atoms with Gasteiger partial charge in [0.15, 0.2) is 0 Å². The van der Waals surface area contributed by atoms with Crippen LogP contribution in [0, 0.1) is 0 Å². The van der Waals surface area contributed by atoms with Gasteiger partial charge in [-0.1, -0.05) is 39.3 Å². The Balaban J connectivity index is 2.16. The number of nitrogens with zero attached hydrogens (tertiary/aromatic N) is 1. The Morgan fingerprint density at radius 1 is 1.08 bits per heavy atom. The van der Waals surface area contributed by atoms with Crippen LogP contribution < -0.4 is 10.6 Å². The van der Waals surface area contributed by atoms with Crippen molar-refractivity contribution in [2.45, 2.75) is 94.9 Å². The molecular weight excluding hydrogens is 325 g/mol. The highest BCUT2D eigenvalue weighted by atomic mass is 31.1. The monoisotopic (exact) mass is 367 g/mol. The minimum Gasteiger partial charge on any atom is -0.308 e. The van der Waals surface area contributed by atoms with Gasteiger partial charge in [-0.2, -0.15) is 0 Å². The number of likely N-dealkylation sites (N-methyl/N-ethyl adjacent to an activating group) is 1. The van der Waals surface area contributed by atoms with Crippen LogP contribution in [0.5, 0.6) is 0 Å². The molecule has 0 bridgehead atoms. The maximum absolute atomic E-state index is 3.99. The smallest absolute Gasteiger partial charge is 0.0785 e. The lowest BCUT2D eigenvalue weighted by molar-refractivity contribution is 0.348. The van der Waals surface area contributed by atoms with Gasteiger partial charge in [0.25, 0.3) is 0 Å². The van der Waals surface area contributed by atoms with Crippen molar-refractivity contribution in [3.8, 4) is 0 Å². The summed E-state index contributed by atoms with van der Waals surface area (Å²) in [4.78, 5) is 2.28. The Hall–Kier alpha value is 0.0500. The normalized spacial score (nSPS) is 25.3. The standard InChI is InChI=1S/C21H42N3P/c1-21(2,3)23-20(22-16-17-24(4)5)25(18-12-8-6-9-13-18)19-14-10-7-11-15-19/h8,12,18-20,22-23H,6-7,9-11,13-17H2,1-5H3. The van der Waals surface area contributed by atoms with E-state index in [-0.39, 0.29) is 13.5 Å². The highest BCUT2D eigenvalue weighted by Crippen LogP contribution is 2.56. The van der Waals surface area contributed by atoms with Crippen molar-refractivity contribution in [3.63, 3.8) is 0 Å². The Kier molecular flexibility index (Phi) is 8.88. The van der Waals surface area contributed by atoms with Crippen LogP contribution in [0.4, 0.5) is 0 Å². The zero-order valence-corrected chi connectivity index (χ0v) is 18.2. The van der Waals surface area contributed by atoms with Crippen LogP contribution in [0.3, 0.4) is 0 Å². The molecule has 3 nitrogen and oxygen atoms in total. The second-order valence-electron chi connectivity index (χ2n) is 9.22. The van der Waals surface area contributed by atoms with E-state index in [0.29, 0.717) is 5.91 Å². The molecule has 4 heteroatoms. The molecule has 0 amide bonds. The summed E-state index contributed by atoms with van der Waals surface area (Å²) in [6, 6.07) is 0. The van der Waals surface area contributed by atoms with E-state index in [1.807, 2.05) is 0 Å². The predicted octanol–water partition coefficient (Wildman–Crippen LogP) is 4.73. The van der Waals surface area contributed by atoms with Crippen molar-refractivity contribution >= 4 is 7.92 Å². The molecule has 1 saturated carbocycles. The van der Waals surface area contributed by atoms with E-state index < -0.39 is 0 Å². The first-order valence-corrected chi connectivity index (χ1v) is 12.0. The molecule has 2 aliphatic rings. The predicted molar refractivity (Wildman–Crippen MR) is 114 cm³/mol. The molecule has 0 aliphatic heterocycles. The molecule has 0 aromatic rings. The lowest BCUT2D eigenvalue weighted by Gasteiger charge is -2.44. The molecule has 0 aromatic heterocycles. The molecule has 3 unspecified atom stereocenters. The molecule has 0 spiro atoms. The van der Waals surface area contributed by atoms with Crippen LogP contribution in [0.2, 0.25) is 0 Å². The zero-order chi connectivity index (χ0) is 18.3. The Bertz CT molecular complexity index is 396. The fraction of sp³-hybridized carbons (Fsp3) is 0.905. The van der Waals surface area contributed by atoms with Gasteiger partial charge < -0.3 is 4.90 Å². The summed E-state index contributed by atoms with van der Waals surface area (Å²) in [7, 11) is 4.25. The molecule has 3 atom stereocenters. The quantitative estimate of drug-likeness (QED) is 0.369. The van der Waals surface area contributed by atoms with Crippen molar-refractivity contribution in [1.82, 2.24) is 15.5 Å². The van der Waals surface area contributed by atoms with E-state index in [0.717, 1.165) is 24.4 Å². The van der Waals surface area contributed by atoms with Crippen molar-refractivity contribution < 1.29 is 0 Å². The summed E-state index contributed by atoms with van der Waals surface area (Å²) in [5.41, 5.74) is 1.89. The van der Waals surface area contributed by atoms with Crippen molar-refractivity contribution in [2.75, 3.05) is 27.2 Å². The van der Waals surface area contributed by atoms with Crippen LogP contribution in [-0.2, 0) is 0 Å². The minimum absolute atomic E-state index is 0.0832. The van der Waals surface area contributed by atoms with Gasteiger partial charge in [0.05, 0.1) is 5.91 Å². The lowest BCUT2D eigenvalue weighted by Crippen LogP contribution is -2.53. The number of rotatable bonds is 8. The molecule has 1 fully saturated rings. The SMILES string of the molecule is CN(C)CCNC(NC(C)(C)C)P(C1C=CCCC1)C1CCCCC1. The highest BCUT2D eigenvalue weighted by Gasteiger charge is 2.36. The zero-order valence-electron chi connectivity index (χ0n) is 17.4. The Morgan fingerprint density at radius 2 is 1.80 bits per heavy atom. The topological polar surface area (TPSA) is 27.3 Å². The first-order chi connectivity index (χ1) is 11.9. The number of allylic oxidation sites excluding steroid dienone is 2. The van der Waals surface area contributed by atoms with Gasteiger partial charge in [0.1, 0.15) is 0 Å². The summed E-state index contributed by atoms with van der Waals surface area (Å²) in [5, 5.41) is 7.93. The number of hydrogen-bond acceptors (Lipinski definition) is 3. The molecular formula is C21H42N3P. The first kappa shape index (κ1) is 21.4. The van der Waals surface area contributed by atoms with Crippen molar-refractivity contribution in [3.05, 3.63) is 12.2 Å². The highest BCUT2D eigenvalue weighted by molar-refractivity contribution is 7.60. The van der Waals surface area contributed by atoms with E-state index >= 15 is 0 Å². The summed E-state index contributed by atoms with van der Waals surface area (Å²) in [5.74, 6) is 0.478. The molecule has 0 radical (unpaired) electrons. The Morgan fingerprint density at radius 3 is 2.36 bits per heavy atom. The summed E-state index contributed by atoms with van der Waals surface area (Å²) >= 11 is 0. The molecule has 0 saturated heterocycles. The number of hydrogen-bond donors (Lipinski definition) is 2. The van der Waals surface area contributed by atoms with Crippen LogP contribution >= 0.6 is 7.92 Å². The molecule has 146 valence electrons. The van der Waals surface area contributed by atoms with Gasteiger partial charge in [-0.25, -0.2) is 0 Å². The van der Waals surface area contributed by atoms with E-state index in [1.54, 1.807) is 0 Å². The minimum atomic E-state index is -0.0832. The summed E-state index contributed by atoms with van der Waals surface area (Å²) < 4.78 is 0. The summed E-state index contributed by atoms with van der Waals surface area (Å²) in [6.07, 6.45) is 16.3. The fourth-order valence-corrected chi connectivity index (χ4v) is 8.15. The third-order valence-electron chi connectivity index (χ3n) is 5.37. The third-order valence-corrected chi connectivity index (χ3v) is 8.84. The average molecular weight is 368 g/mol. The third kappa shape index (κ3) is 7.67. The van der Waals surface area contributed by atoms with E-state index in [9.17, 15) is 0 Å². The lowest BCUT2D eigenvalue weighted by atomic mass is 10.0. The maximum Gasteiger partial charge on any atom is 0.0785 e. The molecule has 25 heavy (non-hydrogen) atoms. The number of nitrogens with one attached hydrogen (secondary N) is 2. The van der Waals surface area contributed by atoms with E-state index in [4.69, 9.17) is 0 Å². The van der Waals surface area contributed by atoms with Gasteiger partial charge in [-0.3, -0.25) is 10.6 Å². The van der Waals surface area contributed by atoms with Gasteiger partial charge in [-0.15, -0.1) is 0 Å². The van der Waals surface area contributed by atoms with Crippen molar-refractivity contribution in [1.29, 1.82) is 0 Å². The van der Waals surface area contributed by atoms with Crippen LogP contribution in [-0.4, -0.2) is 54.8 Å². The molecule has 0 aromatic carbocycles. The van der Waals surface area contributed by atoms with Crippen LogP contribution in [0.25, 0.3) is 0 Å². The largest absolute Gasteiger partial charge is 0.308 e. The molecule has 2 N–H and O–H groups in total. The van der Waals surface area contributed by atoms with Gasteiger partial charge >= 0.3 is 0 Å². The summed E-state index contributed by atoms with van der Waals surface area (Å²) in [6.45, 7) is 9.13. The Labute approximate surface area is 158 Å². The first-order valence-electron chi connectivity index (χ1n) is 10.5. The van der Waals surface area contributed by atoms with Gasteiger partial charge in [-0.05, 0) is 78.3 Å². The van der Waals surface area contributed by atoms with Crippen molar-refractivity contribution in [2.24, 2.45) is 0 Å². The molecule has 2 aliphatic carbocycles. The van der Waals surface area contributed by atoms with E-state index in [2.05, 4.69) is 62.6 Å². The van der Waals surface area contributed by atoms with Gasteiger partial charge in [0, 0.05) is 18.6 Å². The second-order valence-corrected chi connectivity index (χ2v) is 12.0. The molecule has 2 rings (SSSR count). The average Bonchev–Trinajstić information content (AvgIpc) is 2.55. The van der Waals surface area contributed by atoms with Crippen LogP contribution in [0.15, 0.2) is 12.2 Å². The fourth-order valence-electron chi connectivity index (χ4n) is 4.16. The van der Waals surface area contributed by atoms with E-state index in [1.165, 1.54) is 51.4 Å². The van der Waals surface area contributed by atoms with Crippen LogP contribution in [0.1, 0.15) is 72.1 Å². The maximum atomic E-state index is 3.99. The second kappa shape index (κ2) is 10.4. The van der Waals surface area contributed by atoms with Gasteiger partial charge in [0.2, 0.25) is 0 Å².